The normalized spacial score (nSPS) is 11.8. The Labute approximate surface area is 215 Å². The number of rotatable bonds is 19. The second-order valence-electron chi connectivity index (χ2n) is 9.25. The summed E-state index contributed by atoms with van der Waals surface area (Å²) >= 11 is 0. The minimum atomic E-state index is -2.66. The van der Waals surface area contributed by atoms with Gasteiger partial charge in [-0.1, -0.05) is 75.8 Å². The van der Waals surface area contributed by atoms with Crippen molar-refractivity contribution in [1.29, 1.82) is 0 Å². The molecule has 0 aromatic heterocycles. The van der Waals surface area contributed by atoms with Gasteiger partial charge in [-0.05, 0) is 80.8 Å². The number of aromatic hydroxyl groups is 1. The summed E-state index contributed by atoms with van der Waals surface area (Å²) < 4.78 is 18.0. The minimum Gasteiger partial charge on any atom is -0.508 e. The summed E-state index contributed by atoms with van der Waals surface area (Å²) in [5, 5.41) is 10.2. The number of benzene rings is 2. The Hall–Kier alpha value is -1.66. The fourth-order valence-electron chi connectivity index (χ4n) is 4.70. The summed E-state index contributed by atoms with van der Waals surface area (Å²) in [6, 6.07) is 15.5. The van der Waals surface area contributed by atoms with Crippen LogP contribution < -0.4 is 0 Å². The Morgan fingerprint density at radius 1 is 0.657 bits per heavy atom. The Balaban J connectivity index is 1.98. The van der Waals surface area contributed by atoms with Crippen LogP contribution in [0.3, 0.4) is 0 Å². The van der Waals surface area contributed by atoms with Gasteiger partial charge in [0.05, 0.1) is 0 Å². The van der Waals surface area contributed by atoms with Gasteiger partial charge in [0, 0.05) is 25.9 Å². The summed E-state index contributed by atoms with van der Waals surface area (Å²) in [5.74, 6) is 0.308. The number of hydrogen-bond donors (Lipinski definition) is 1. The van der Waals surface area contributed by atoms with Crippen LogP contribution in [0.2, 0.25) is 6.04 Å². The van der Waals surface area contributed by atoms with Crippen molar-refractivity contribution in [3.8, 4) is 16.9 Å². The van der Waals surface area contributed by atoms with Gasteiger partial charge < -0.3 is 18.4 Å². The maximum absolute atomic E-state index is 10.2. The zero-order valence-corrected chi connectivity index (χ0v) is 23.6. The molecule has 5 heteroatoms. The molecule has 196 valence electrons. The van der Waals surface area contributed by atoms with Gasteiger partial charge in [-0.25, -0.2) is 0 Å². The van der Waals surface area contributed by atoms with Crippen LogP contribution in [0.4, 0.5) is 0 Å². The van der Waals surface area contributed by atoms with Crippen LogP contribution in [0.5, 0.6) is 5.75 Å². The van der Waals surface area contributed by atoms with E-state index >= 15 is 0 Å². The zero-order valence-electron chi connectivity index (χ0n) is 22.6. The van der Waals surface area contributed by atoms with Crippen LogP contribution in [0.1, 0.15) is 90.2 Å². The minimum absolute atomic E-state index is 0.308. The van der Waals surface area contributed by atoms with Crippen molar-refractivity contribution in [3.63, 3.8) is 0 Å². The van der Waals surface area contributed by atoms with Crippen LogP contribution in [0.25, 0.3) is 11.1 Å². The molecule has 0 spiro atoms. The van der Waals surface area contributed by atoms with Crippen LogP contribution in [-0.2, 0) is 26.1 Å². The third-order valence-corrected chi connectivity index (χ3v) is 9.60. The quantitative estimate of drug-likeness (QED) is 0.156. The van der Waals surface area contributed by atoms with Crippen LogP contribution in [-0.4, -0.2) is 33.7 Å². The van der Waals surface area contributed by atoms with Crippen molar-refractivity contribution < 1.29 is 18.4 Å². The zero-order chi connectivity index (χ0) is 25.4. The smallest absolute Gasteiger partial charge is 0.500 e. The molecule has 0 atom stereocenters. The summed E-state index contributed by atoms with van der Waals surface area (Å²) in [6.07, 6.45) is 12.3. The molecule has 0 aliphatic rings. The van der Waals surface area contributed by atoms with Crippen LogP contribution >= 0.6 is 0 Å². The predicted octanol–water partition coefficient (Wildman–Crippen LogP) is 8.33. The Kier molecular flexibility index (Phi) is 14.3. The maximum Gasteiger partial charge on any atom is 0.500 e. The lowest BCUT2D eigenvalue weighted by atomic mass is 9.95. The Bertz CT molecular complexity index is 805. The van der Waals surface area contributed by atoms with E-state index in [2.05, 4.69) is 31.2 Å². The highest BCUT2D eigenvalue weighted by Gasteiger charge is 2.39. The molecule has 0 aliphatic carbocycles. The molecule has 0 bridgehead atoms. The Morgan fingerprint density at radius 3 is 1.86 bits per heavy atom. The summed E-state index contributed by atoms with van der Waals surface area (Å²) in [4.78, 5) is 0. The highest BCUT2D eigenvalue weighted by molar-refractivity contribution is 6.60. The SMILES string of the molecule is CCCCCCCCCc1ccc(-c2ccc(O)cc2CCC[Si](OCC)(OCC)OCC)cc1. The van der Waals surface area contributed by atoms with Crippen LogP contribution in [0, 0.1) is 0 Å². The molecular weight excluding hydrogens is 452 g/mol. The van der Waals surface area contributed by atoms with E-state index in [4.69, 9.17) is 13.3 Å². The fourth-order valence-corrected chi connectivity index (χ4v) is 7.31. The number of phenolic OH excluding ortho intramolecular Hbond substituents is 1. The number of hydrogen-bond acceptors (Lipinski definition) is 4. The molecule has 0 aliphatic heterocycles. The van der Waals surface area contributed by atoms with Crippen molar-refractivity contribution in [2.24, 2.45) is 0 Å². The molecule has 4 nitrogen and oxygen atoms in total. The fraction of sp³-hybridized carbons (Fsp3) is 0.600. The van der Waals surface area contributed by atoms with Gasteiger partial charge >= 0.3 is 8.80 Å². The van der Waals surface area contributed by atoms with Crippen molar-refractivity contribution in [3.05, 3.63) is 53.6 Å². The van der Waals surface area contributed by atoms with Gasteiger partial charge in [0.2, 0.25) is 0 Å². The van der Waals surface area contributed by atoms with Crippen molar-refractivity contribution in [2.45, 2.75) is 97.9 Å². The van der Waals surface area contributed by atoms with Crippen molar-refractivity contribution >= 4 is 8.80 Å². The number of phenols is 1. The van der Waals surface area contributed by atoms with Gasteiger partial charge in [-0.15, -0.1) is 0 Å². The maximum atomic E-state index is 10.2. The van der Waals surface area contributed by atoms with Crippen molar-refractivity contribution in [1.82, 2.24) is 0 Å². The lowest BCUT2D eigenvalue weighted by Crippen LogP contribution is -2.46. The molecule has 0 heterocycles. The standard InChI is InChI=1S/C30H48O4Si/c1-5-9-10-11-12-13-14-16-26-18-20-27(21-19-26)30-23-22-29(31)25-28(30)17-15-24-35(32-6-2,33-7-3)34-8-4/h18-23,25,31H,5-17,24H2,1-4H3. The second kappa shape index (κ2) is 16.9. The second-order valence-corrected chi connectivity index (χ2v) is 12.0. The molecule has 0 saturated carbocycles. The monoisotopic (exact) mass is 500 g/mol. The lowest BCUT2D eigenvalue weighted by molar-refractivity contribution is 0.0708. The van der Waals surface area contributed by atoms with E-state index < -0.39 is 8.80 Å². The first kappa shape index (κ1) is 29.6. The first-order valence-corrected chi connectivity index (χ1v) is 15.8. The number of aryl methyl sites for hydroxylation is 2. The van der Waals surface area contributed by atoms with E-state index in [1.54, 1.807) is 6.07 Å². The molecule has 0 amide bonds. The van der Waals surface area contributed by atoms with Crippen LogP contribution in [0.15, 0.2) is 42.5 Å². The highest BCUT2D eigenvalue weighted by Crippen LogP contribution is 2.30. The van der Waals surface area contributed by atoms with E-state index in [0.717, 1.165) is 30.9 Å². The van der Waals surface area contributed by atoms with E-state index in [1.165, 1.54) is 61.6 Å². The average Bonchev–Trinajstić information content (AvgIpc) is 2.85. The molecule has 0 saturated heterocycles. The molecule has 0 radical (unpaired) electrons. The first-order chi connectivity index (χ1) is 17.1. The molecule has 0 fully saturated rings. The van der Waals surface area contributed by atoms with E-state index in [9.17, 15) is 5.11 Å². The van der Waals surface area contributed by atoms with Gasteiger partial charge in [-0.3, -0.25) is 0 Å². The molecular formula is C30H48O4Si. The highest BCUT2D eigenvalue weighted by atomic mass is 28.4. The first-order valence-electron chi connectivity index (χ1n) is 13.9. The third-order valence-electron chi connectivity index (χ3n) is 6.44. The average molecular weight is 501 g/mol. The predicted molar refractivity (Wildman–Crippen MR) is 149 cm³/mol. The van der Waals surface area contributed by atoms with Gasteiger partial charge in [0.1, 0.15) is 5.75 Å². The lowest BCUT2D eigenvalue weighted by Gasteiger charge is -2.28. The van der Waals surface area contributed by atoms with Gasteiger partial charge in [0.15, 0.2) is 0 Å². The Morgan fingerprint density at radius 2 is 1.26 bits per heavy atom. The molecule has 0 unspecified atom stereocenters. The molecule has 1 N–H and O–H groups in total. The molecule has 2 rings (SSSR count). The van der Waals surface area contributed by atoms with E-state index in [1.807, 2.05) is 32.9 Å². The van der Waals surface area contributed by atoms with Crippen molar-refractivity contribution in [2.75, 3.05) is 19.8 Å². The topological polar surface area (TPSA) is 47.9 Å². The van der Waals surface area contributed by atoms with E-state index in [-0.39, 0.29) is 0 Å². The summed E-state index contributed by atoms with van der Waals surface area (Å²) in [5.41, 5.74) is 4.94. The van der Waals surface area contributed by atoms with E-state index in [0.29, 0.717) is 25.6 Å². The van der Waals surface area contributed by atoms with Gasteiger partial charge in [0.25, 0.3) is 0 Å². The van der Waals surface area contributed by atoms with Gasteiger partial charge in [-0.2, -0.15) is 0 Å². The summed E-state index contributed by atoms with van der Waals surface area (Å²) in [7, 11) is -2.66. The molecule has 2 aromatic carbocycles. The molecule has 35 heavy (non-hydrogen) atoms. The molecule has 2 aromatic rings. The number of unbranched alkanes of at least 4 members (excludes halogenated alkanes) is 6. The largest absolute Gasteiger partial charge is 0.508 e. The summed E-state index contributed by atoms with van der Waals surface area (Å²) in [6.45, 7) is 10.0. The third kappa shape index (κ3) is 10.5.